The van der Waals surface area contributed by atoms with Crippen molar-refractivity contribution in [2.24, 2.45) is 11.7 Å². The van der Waals surface area contributed by atoms with Gasteiger partial charge in [-0.25, -0.2) is 4.79 Å². The van der Waals surface area contributed by atoms with E-state index in [1.165, 1.54) is 0 Å². The molecule has 0 fully saturated rings. The van der Waals surface area contributed by atoms with Crippen molar-refractivity contribution in [1.82, 2.24) is 15.5 Å². The summed E-state index contributed by atoms with van der Waals surface area (Å²) in [6.45, 7) is 7.37. The molecule has 3 amide bonds. The van der Waals surface area contributed by atoms with E-state index in [0.717, 1.165) is 12.0 Å². The summed E-state index contributed by atoms with van der Waals surface area (Å²) in [5, 5.41) is 5.76. The number of carbonyl (C=O) groups excluding carboxylic acids is 2. The van der Waals surface area contributed by atoms with Crippen molar-refractivity contribution in [2.45, 2.75) is 45.7 Å². The lowest BCUT2D eigenvalue weighted by Crippen LogP contribution is -2.52. The van der Waals surface area contributed by atoms with Crippen LogP contribution >= 0.6 is 12.4 Å². The van der Waals surface area contributed by atoms with Crippen molar-refractivity contribution in [1.29, 1.82) is 0 Å². The third-order valence-corrected chi connectivity index (χ3v) is 3.99. The largest absolute Gasteiger partial charge is 0.350 e. The van der Waals surface area contributed by atoms with E-state index in [2.05, 4.69) is 24.5 Å². The monoisotopic (exact) mass is 384 g/mol. The number of urea groups is 1. The van der Waals surface area contributed by atoms with Crippen molar-refractivity contribution in [2.75, 3.05) is 20.1 Å². The smallest absolute Gasteiger partial charge is 0.317 e. The molecule has 1 aromatic rings. The van der Waals surface area contributed by atoms with Gasteiger partial charge >= 0.3 is 6.03 Å². The molecule has 7 heteroatoms. The first-order valence-corrected chi connectivity index (χ1v) is 8.79. The molecule has 1 unspecified atom stereocenters. The van der Waals surface area contributed by atoms with Gasteiger partial charge in [-0.15, -0.1) is 12.4 Å². The normalized spacial score (nSPS) is 12.7. The van der Waals surface area contributed by atoms with Crippen molar-refractivity contribution < 1.29 is 9.59 Å². The number of nitrogens with zero attached hydrogens (tertiary/aromatic N) is 1. The zero-order valence-corrected chi connectivity index (χ0v) is 17.1. The number of benzene rings is 1. The van der Waals surface area contributed by atoms with Gasteiger partial charge in [-0.1, -0.05) is 44.2 Å². The summed E-state index contributed by atoms with van der Waals surface area (Å²) in [4.78, 5) is 25.8. The maximum absolute atomic E-state index is 12.1. The number of nitrogens with two attached hydrogens (primary N) is 1. The number of rotatable bonds is 9. The van der Waals surface area contributed by atoms with Crippen LogP contribution < -0.4 is 16.4 Å². The molecular weight excluding hydrogens is 352 g/mol. The topological polar surface area (TPSA) is 87.5 Å². The van der Waals surface area contributed by atoms with Crippen LogP contribution in [-0.4, -0.2) is 42.5 Å². The van der Waals surface area contributed by atoms with E-state index in [-0.39, 0.29) is 30.8 Å². The second-order valence-corrected chi connectivity index (χ2v) is 7.23. The van der Waals surface area contributed by atoms with Crippen LogP contribution in [0.25, 0.3) is 0 Å². The van der Waals surface area contributed by atoms with E-state index in [0.29, 0.717) is 25.6 Å². The minimum Gasteiger partial charge on any atom is -0.350 e. The van der Waals surface area contributed by atoms with Crippen molar-refractivity contribution in [3.05, 3.63) is 35.9 Å². The molecular formula is C19H33ClN4O2. The number of nitrogens with one attached hydrogen (secondary N) is 2. The molecule has 0 aliphatic carbocycles. The standard InChI is InChI=1S/C19H32N4O2.ClH/c1-15(2)12-19(3,14-20)22-17(24)10-11-21-18(25)23(4)13-16-8-6-5-7-9-16;/h5-9,15H,10-14,20H2,1-4H3,(H,21,25)(H,22,24);1H. The fourth-order valence-corrected chi connectivity index (χ4v) is 2.83. The predicted octanol–water partition coefficient (Wildman–Crippen LogP) is 2.52. The van der Waals surface area contributed by atoms with E-state index in [4.69, 9.17) is 5.73 Å². The van der Waals surface area contributed by atoms with Crippen LogP contribution in [0, 0.1) is 5.92 Å². The van der Waals surface area contributed by atoms with Crippen LogP contribution in [0.3, 0.4) is 0 Å². The molecule has 1 atom stereocenters. The summed E-state index contributed by atoms with van der Waals surface area (Å²) in [6.07, 6.45) is 1.06. The van der Waals surface area contributed by atoms with Crippen molar-refractivity contribution in [3.8, 4) is 0 Å². The highest BCUT2D eigenvalue weighted by molar-refractivity contribution is 5.85. The number of carbonyl (C=O) groups is 2. The van der Waals surface area contributed by atoms with Gasteiger partial charge in [0, 0.05) is 38.6 Å². The Kier molecular flexibility index (Phi) is 10.9. The molecule has 4 N–H and O–H groups in total. The highest BCUT2D eigenvalue weighted by Crippen LogP contribution is 2.15. The zero-order chi connectivity index (χ0) is 18.9. The van der Waals surface area contributed by atoms with Crippen LogP contribution in [0.1, 0.15) is 39.2 Å². The molecule has 0 saturated carbocycles. The van der Waals surface area contributed by atoms with Crippen LogP contribution in [0.4, 0.5) is 4.79 Å². The van der Waals surface area contributed by atoms with E-state index in [1.54, 1.807) is 11.9 Å². The first-order chi connectivity index (χ1) is 11.8. The lowest BCUT2D eigenvalue weighted by molar-refractivity contribution is -0.122. The summed E-state index contributed by atoms with van der Waals surface area (Å²) in [5.74, 6) is 0.347. The van der Waals surface area contributed by atoms with Gasteiger partial charge in [-0.05, 0) is 24.8 Å². The fraction of sp³-hybridized carbons (Fsp3) is 0.579. The van der Waals surface area contributed by atoms with Gasteiger partial charge in [0.1, 0.15) is 0 Å². The molecule has 1 rings (SSSR count). The SMILES string of the molecule is CC(C)CC(C)(CN)NC(=O)CCNC(=O)N(C)Cc1ccccc1.Cl. The molecule has 0 aliphatic rings. The summed E-state index contributed by atoms with van der Waals surface area (Å²) >= 11 is 0. The number of hydrogen-bond acceptors (Lipinski definition) is 3. The molecule has 26 heavy (non-hydrogen) atoms. The van der Waals surface area contributed by atoms with Crippen LogP contribution in [0.15, 0.2) is 30.3 Å². The van der Waals surface area contributed by atoms with Crippen LogP contribution in [-0.2, 0) is 11.3 Å². The first kappa shape index (κ1) is 24.2. The van der Waals surface area contributed by atoms with Crippen molar-refractivity contribution >= 4 is 24.3 Å². The molecule has 1 aromatic carbocycles. The molecule has 0 aromatic heterocycles. The van der Waals surface area contributed by atoms with E-state index >= 15 is 0 Å². The summed E-state index contributed by atoms with van der Waals surface area (Å²) in [7, 11) is 1.73. The van der Waals surface area contributed by atoms with Gasteiger partial charge in [0.05, 0.1) is 0 Å². The highest BCUT2D eigenvalue weighted by atomic mass is 35.5. The van der Waals surface area contributed by atoms with Crippen LogP contribution in [0.2, 0.25) is 0 Å². The Morgan fingerprint density at radius 2 is 1.85 bits per heavy atom. The van der Waals surface area contributed by atoms with Gasteiger partial charge in [0.15, 0.2) is 0 Å². The number of hydrogen-bond donors (Lipinski definition) is 3. The molecule has 0 aliphatic heterocycles. The highest BCUT2D eigenvalue weighted by Gasteiger charge is 2.25. The quantitative estimate of drug-likeness (QED) is 0.611. The Morgan fingerprint density at radius 1 is 1.23 bits per heavy atom. The van der Waals surface area contributed by atoms with Gasteiger partial charge < -0.3 is 21.3 Å². The number of amides is 3. The average molecular weight is 385 g/mol. The van der Waals surface area contributed by atoms with E-state index in [1.807, 2.05) is 37.3 Å². The molecule has 0 saturated heterocycles. The van der Waals surface area contributed by atoms with Crippen LogP contribution in [0.5, 0.6) is 0 Å². The van der Waals surface area contributed by atoms with Gasteiger partial charge in [-0.3, -0.25) is 4.79 Å². The number of halogens is 1. The Balaban J connectivity index is 0.00000625. The van der Waals surface area contributed by atoms with E-state index < -0.39 is 5.54 Å². The summed E-state index contributed by atoms with van der Waals surface area (Å²) in [5.41, 5.74) is 6.46. The minimum atomic E-state index is -0.403. The summed E-state index contributed by atoms with van der Waals surface area (Å²) in [6, 6.07) is 9.57. The Labute approximate surface area is 163 Å². The molecule has 148 valence electrons. The fourth-order valence-electron chi connectivity index (χ4n) is 2.83. The molecule has 0 radical (unpaired) electrons. The molecule has 0 spiro atoms. The Hall–Kier alpha value is -1.79. The third kappa shape index (κ3) is 9.06. The lowest BCUT2D eigenvalue weighted by atomic mass is 9.90. The first-order valence-electron chi connectivity index (χ1n) is 8.79. The second kappa shape index (κ2) is 11.8. The second-order valence-electron chi connectivity index (χ2n) is 7.23. The van der Waals surface area contributed by atoms with E-state index in [9.17, 15) is 9.59 Å². The Morgan fingerprint density at radius 3 is 2.38 bits per heavy atom. The van der Waals surface area contributed by atoms with Gasteiger partial charge in [0.2, 0.25) is 5.91 Å². The summed E-state index contributed by atoms with van der Waals surface area (Å²) < 4.78 is 0. The zero-order valence-electron chi connectivity index (χ0n) is 16.2. The molecule has 0 bridgehead atoms. The maximum atomic E-state index is 12.1. The Bertz CT molecular complexity index is 554. The minimum absolute atomic E-state index is 0. The molecule has 6 nitrogen and oxygen atoms in total. The van der Waals surface area contributed by atoms with Crippen molar-refractivity contribution in [3.63, 3.8) is 0 Å². The van der Waals surface area contributed by atoms with Gasteiger partial charge in [0.25, 0.3) is 0 Å². The maximum Gasteiger partial charge on any atom is 0.317 e. The third-order valence-electron chi connectivity index (χ3n) is 3.99. The lowest BCUT2D eigenvalue weighted by Gasteiger charge is -2.31. The predicted molar refractivity (Wildman–Crippen MR) is 108 cm³/mol. The molecule has 0 heterocycles. The van der Waals surface area contributed by atoms with Gasteiger partial charge in [-0.2, -0.15) is 0 Å². The average Bonchev–Trinajstić information content (AvgIpc) is 2.54.